The molecule has 134 valence electrons. The van der Waals surface area contributed by atoms with Gasteiger partial charge in [-0.05, 0) is 38.1 Å². The topological polar surface area (TPSA) is 60.7 Å². The van der Waals surface area contributed by atoms with Crippen molar-refractivity contribution in [2.75, 3.05) is 13.2 Å². The molecule has 1 aliphatic heterocycles. The Balaban J connectivity index is 1.62. The Morgan fingerprint density at radius 1 is 1.27 bits per heavy atom. The minimum absolute atomic E-state index is 0.0842. The quantitative estimate of drug-likeness (QED) is 0.757. The molecule has 5 heteroatoms. The van der Waals surface area contributed by atoms with Crippen molar-refractivity contribution in [3.8, 4) is 11.5 Å². The lowest BCUT2D eigenvalue weighted by atomic mass is 10.0. The third-order valence-electron chi connectivity index (χ3n) is 4.69. The van der Waals surface area contributed by atoms with E-state index in [-0.39, 0.29) is 11.9 Å². The molecule has 0 unspecified atom stereocenters. The predicted octanol–water partition coefficient (Wildman–Crippen LogP) is 4.39. The normalized spacial score (nSPS) is 16.0. The molecule has 0 bridgehead atoms. The first-order valence-electron chi connectivity index (χ1n) is 8.86. The van der Waals surface area contributed by atoms with Crippen molar-refractivity contribution >= 4 is 16.9 Å². The third kappa shape index (κ3) is 2.90. The van der Waals surface area contributed by atoms with E-state index >= 15 is 0 Å². The van der Waals surface area contributed by atoms with Crippen LogP contribution in [0.4, 0.5) is 0 Å². The maximum atomic E-state index is 12.8. The molecule has 26 heavy (non-hydrogen) atoms. The van der Waals surface area contributed by atoms with Gasteiger partial charge in [0.25, 0.3) is 5.91 Å². The first-order chi connectivity index (χ1) is 12.7. The summed E-state index contributed by atoms with van der Waals surface area (Å²) >= 11 is 0. The Bertz CT molecular complexity index is 960. The van der Waals surface area contributed by atoms with E-state index < -0.39 is 0 Å². The molecule has 3 aromatic rings. The molecule has 0 aliphatic carbocycles. The molecular formula is C21H21NO4. The van der Waals surface area contributed by atoms with Gasteiger partial charge in [-0.1, -0.05) is 18.2 Å². The second-order valence-corrected chi connectivity index (χ2v) is 6.35. The molecule has 1 aromatic heterocycles. The lowest BCUT2D eigenvalue weighted by molar-refractivity contribution is 0.0898. The van der Waals surface area contributed by atoms with Gasteiger partial charge in [-0.2, -0.15) is 0 Å². The number of nitrogens with one attached hydrogen (secondary N) is 1. The van der Waals surface area contributed by atoms with Gasteiger partial charge < -0.3 is 19.2 Å². The summed E-state index contributed by atoms with van der Waals surface area (Å²) in [5.74, 6) is 1.73. The van der Waals surface area contributed by atoms with E-state index in [1.54, 1.807) is 0 Å². The third-order valence-corrected chi connectivity index (χ3v) is 4.69. The predicted molar refractivity (Wildman–Crippen MR) is 98.9 cm³/mol. The number of para-hydroxylation sites is 1. The number of hydrogen-bond acceptors (Lipinski definition) is 4. The number of carbonyl (C=O) groups excluding carboxylic acids is 1. The Morgan fingerprint density at radius 2 is 2.12 bits per heavy atom. The molecule has 0 saturated heterocycles. The van der Waals surface area contributed by atoms with Gasteiger partial charge in [-0.3, -0.25) is 4.79 Å². The van der Waals surface area contributed by atoms with Crippen molar-refractivity contribution in [3.63, 3.8) is 0 Å². The lowest BCUT2D eigenvalue weighted by Crippen LogP contribution is -2.32. The average Bonchev–Trinajstić information content (AvgIpc) is 2.99. The van der Waals surface area contributed by atoms with Crippen LogP contribution in [0.5, 0.6) is 11.5 Å². The van der Waals surface area contributed by atoms with Crippen molar-refractivity contribution in [1.82, 2.24) is 5.32 Å². The molecule has 0 fully saturated rings. The number of carbonyl (C=O) groups is 1. The van der Waals surface area contributed by atoms with Gasteiger partial charge in [0.1, 0.15) is 17.1 Å². The van der Waals surface area contributed by atoms with Crippen LogP contribution in [0.2, 0.25) is 0 Å². The SMILES string of the molecule is CCOc1ccc2oc(C(=O)N[C@H]3CCOc4ccccc43)c(C)c2c1. The van der Waals surface area contributed by atoms with E-state index in [4.69, 9.17) is 13.9 Å². The van der Waals surface area contributed by atoms with Crippen molar-refractivity contribution in [3.05, 3.63) is 59.4 Å². The van der Waals surface area contributed by atoms with Gasteiger partial charge in [0, 0.05) is 22.9 Å². The molecule has 0 radical (unpaired) electrons. The van der Waals surface area contributed by atoms with Crippen LogP contribution in [-0.2, 0) is 0 Å². The molecule has 1 atom stereocenters. The molecule has 1 amide bonds. The minimum atomic E-state index is -0.210. The van der Waals surface area contributed by atoms with Crippen molar-refractivity contribution in [1.29, 1.82) is 0 Å². The summed E-state index contributed by atoms with van der Waals surface area (Å²) in [6.45, 7) is 5.02. The summed E-state index contributed by atoms with van der Waals surface area (Å²) in [5.41, 5.74) is 2.50. The standard InChI is InChI=1S/C21H21NO4/c1-3-24-14-8-9-19-16(12-14)13(2)20(26-19)21(23)22-17-10-11-25-18-7-5-4-6-15(17)18/h4-9,12,17H,3,10-11H2,1-2H3,(H,22,23)/t17-/m0/s1. The van der Waals surface area contributed by atoms with Crippen molar-refractivity contribution in [2.24, 2.45) is 0 Å². The van der Waals surface area contributed by atoms with Crippen LogP contribution in [0.25, 0.3) is 11.0 Å². The second kappa shape index (κ2) is 6.75. The van der Waals surface area contributed by atoms with Gasteiger partial charge in [-0.15, -0.1) is 0 Å². The van der Waals surface area contributed by atoms with Crippen LogP contribution in [-0.4, -0.2) is 19.1 Å². The zero-order chi connectivity index (χ0) is 18.1. The second-order valence-electron chi connectivity index (χ2n) is 6.35. The molecule has 2 heterocycles. The van der Waals surface area contributed by atoms with E-state index in [1.165, 1.54) is 0 Å². The number of benzene rings is 2. The first kappa shape index (κ1) is 16.5. The summed E-state index contributed by atoms with van der Waals surface area (Å²) in [4.78, 5) is 12.8. The fourth-order valence-electron chi connectivity index (χ4n) is 3.39. The number of furan rings is 1. The van der Waals surface area contributed by atoms with E-state index in [9.17, 15) is 4.79 Å². The van der Waals surface area contributed by atoms with Crippen LogP contribution in [0.15, 0.2) is 46.9 Å². The summed E-state index contributed by atoms with van der Waals surface area (Å²) in [6, 6.07) is 13.3. The van der Waals surface area contributed by atoms with Crippen LogP contribution >= 0.6 is 0 Å². The highest BCUT2D eigenvalue weighted by Crippen LogP contribution is 2.33. The van der Waals surface area contributed by atoms with Crippen LogP contribution in [0.3, 0.4) is 0 Å². The number of hydrogen-bond donors (Lipinski definition) is 1. The first-order valence-corrected chi connectivity index (χ1v) is 8.86. The molecule has 1 aliphatic rings. The largest absolute Gasteiger partial charge is 0.494 e. The monoisotopic (exact) mass is 351 g/mol. The number of fused-ring (bicyclic) bond motifs is 2. The molecule has 0 saturated carbocycles. The van der Waals surface area contributed by atoms with Crippen LogP contribution < -0.4 is 14.8 Å². The highest BCUT2D eigenvalue weighted by Gasteiger charge is 2.26. The summed E-state index contributed by atoms with van der Waals surface area (Å²) in [5, 5.41) is 3.99. The Morgan fingerprint density at radius 3 is 2.96 bits per heavy atom. The van der Waals surface area contributed by atoms with Gasteiger partial charge in [-0.25, -0.2) is 0 Å². The highest BCUT2D eigenvalue weighted by molar-refractivity contribution is 5.99. The van der Waals surface area contributed by atoms with Gasteiger partial charge in [0.2, 0.25) is 0 Å². The van der Waals surface area contributed by atoms with Gasteiger partial charge >= 0.3 is 0 Å². The Labute approximate surface area is 151 Å². The smallest absolute Gasteiger partial charge is 0.287 e. The molecule has 2 aromatic carbocycles. The zero-order valence-electron chi connectivity index (χ0n) is 14.9. The maximum absolute atomic E-state index is 12.8. The molecule has 4 rings (SSSR count). The molecule has 5 nitrogen and oxygen atoms in total. The Kier molecular flexibility index (Phi) is 4.29. The summed E-state index contributed by atoms with van der Waals surface area (Å²) in [7, 11) is 0. The van der Waals surface area contributed by atoms with Crippen LogP contribution in [0.1, 0.15) is 41.1 Å². The zero-order valence-corrected chi connectivity index (χ0v) is 14.9. The van der Waals surface area contributed by atoms with Crippen LogP contribution in [0, 0.1) is 6.92 Å². The summed E-state index contributed by atoms with van der Waals surface area (Å²) in [6.07, 6.45) is 0.733. The van der Waals surface area contributed by atoms with Gasteiger partial charge in [0.05, 0.1) is 19.3 Å². The Hall–Kier alpha value is -2.95. The molecule has 0 spiro atoms. The number of amides is 1. The van der Waals surface area contributed by atoms with E-state index in [0.717, 1.165) is 34.4 Å². The average molecular weight is 351 g/mol. The van der Waals surface area contributed by atoms with Crippen molar-refractivity contribution in [2.45, 2.75) is 26.3 Å². The molecular weight excluding hydrogens is 330 g/mol. The summed E-state index contributed by atoms with van der Waals surface area (Å²) < 4.78 is 17.0. The van der Waals surface area contributed by atoms with E-state index in [0.29, 0.717) is 24.6 Å². The van der Waals surface area contributed by atoms with Gasteiger partial charge in [0.15, 0.2) is 5.76 Å². The molecule has 1 N–H and O–H groups in total. The minimum Gasteiger partial charge on any atom is -0.494 e. The highest BCUT2D eigenvalue weighted by atomic mass is 16.5. The number of ether oxygens (including phenoxy) is 2. The fraction of sp³-hybridized carbons (Fsp3) is 0.286. The number of aryl methyl sites for hydroxylation is 1. The van der Waals surface area contributed by atoms with E-state index in [2.05, 4.69) is 5.32 Å². The lowest BCUT2D eigenvalue weighted by Gasteiger charge is -2.26. The fourth-order valence-corrected chi connectivity index (χ4v) is 3.39. The number of rotatable bonds is 4. The maximum Gasteiger partial charge on any atom is 0.287 e. The van der Waals surface area contributed by atoms with Crippen molar-refractivity contribution < 1.29 is 18.7 Å². The van der Waals surface area contributed by atoms with E-state index in [1.807, 2.05) is 56.3 Å².